The Morgan fingerprint density at radius 2 is 1.85 bits per heavy atom. The first-order valence-electron chi connectivity index (χ1n) is 7.82. The molecule has 0 aliphatic rings. The highest BCUT2D eigenvalue weighted by molar-refractivity contribution is 7.92. The Morgan fingerprint density at radius 1 is 1.12 bits per heavy atom. The second-order valence-electron chi connectivity index (χ2n) is 5.20. The highest BCUT2D eigenvalue weighted by Crippen LogP contribution is 2.33. The second-order valence-corrected chi connectivity index (χ2v) is 7.67. The third-order valence-corrected chi connectivity index (χ3v) is 5.53. The molecule has 0 bridgehead atoms. The van der Waals surface area contributed by atoms with E-state index in [0.717, 1.165) is 0 Å². The van der Waals surface area contributed by atoms with Crippen LogP contribution in [0.3, 0.4) is 0 Å². The Kier molecular flexibility index (Phi) is 6.75. The summed E-state index contributed by atoms with van der Waals surface area (Å²) in [7, 11) is -3.95. The number of ether oxygens (including phenoxy) is 1. The average molecular weight is 417 g/mol. The van der Waals surface area contributed by atoms with Crippen molar-refractivity contribution < 1.29 is 17.9 Å². The zero-order chi connectivity index (χ0) is 19.3. The van der Waals surface area contributed by atoms with Gasteiger partial charge in [-0.1, -0.05) is 36.2 Å². The standard InChI is InChI=1S/C17H18Cl2N2O4S/c1-3-16(22)20-14-10-11(8-9-15(14)25-4-2)26(23,24)21-13-7-5-6-12(18)17(13)19/h5-10,21H,3-4H2,1-2H3,(H,20,22). The molecule has 140 valence electrons. The van der Waals surface area contributed by atoms with Crippen LogP contribution in [0.4, 0.5) is 11.4 Å². The Morgan fingerprint density at radius 3 is 2.50 bits per heavy atom. The first-order valence-corrected chi connectivity index (χ1v) is 10.1. The first-order chi connectivity index (χ1) is 12.3. The zero-order valence-corrected chi connectivity index (χ0v) is 16.5. The van der Waals surface area contributed by atoms with E-state index >= 15 is 0 Å². The second kappa shape index (κ2) is 8.62. The SMILES string of the molecule is CCOc1ccc(S(=O)(=O)Nc2cccc(Cl)c2Cl)cc1NC(=O)CC. The number of carbonyl (C=O) groups is 1. The van der Waals surface area contributed by atoms with E-state index < -0.39 is 10.0 Å². The maximum absolute atomic E-state index is 12.7. The van der Waals surface area contributed by atoms with Gasteiger partial charge in [-0.05, 0) is 37.3 Å². The van der Waals surface area contributed by atoms with E-state index in [1.54, 1.807) is 26.0 Å². The molecule has 2 N–H and O–H groups in total. The summed E-state index contributed by atoms with van der Waals surface area (Å²) in [5.41, 5.74) is 0.436. The largest absolute Gasteiger partial charge is 0.492 e. The van der Waals surface area contributed by atoms with E-state index in [1.807, 2.05) is 0 Å². The van der Waals surface area contributed by atoms with Crippen LogP contribution in [0.1, 0.15) is 20.3 Å². The maximum Gasteiger partial charge on any atom is 0.262 e. The fraction of sp³-hybridized carbons (Fsp3) is 0.235. The summed E-state index contributed by atoms with van der Waals surface area (Å²) in [6.07, 6.45) is 0.249. The van der Waals surface area contributed by atoms with Crippen molar-refractivity contribution in [2.24, 2.45) is 0 Å². The lowest BCUT2D eigenvalue weighted by Crippen LogP contribution is -2.15. The lowest BCUT2D eigenvalue weighted by molar-refractivity contribution is -0.115. The molecule has 0 saturated heterocycles. The molecule has 0 aliphatic heterocycles. The van der Waals surface area contributed by atoms with Gasteiger partial charge in [0.2, 0.25) is 5.91 Å². The highest BCUT2D eigenvalue weighted by atomic mass is 35.5. The van der Waals surface area contributed by atoms with E-state index in [9.17, 15) is 13.2 Å². The van der Waals surface area contributed by atoms with Gasteiger partial charge >= 0.3 is 0 Å². The maximum atomic E-state index is 12.7. The van der Waals surface area contributed by atoms with E-state index in [4.69, 9.17) is 27.9 Å². The summed E-state index contributed by atoms with van der Waals surface area (Å²) in [5, 5.41) is 2.97. The number of anilines is 2. The van der Waals surface area contributed by atoms with Crippen molar-refractivity contribution in [3.63, 3.8) is 0 Å². The van der Waals surface area contributed by atoms with Gasteiger partial charge in [0.15, 0.2) is 0 Å². The number of carbonyl (C=O) groups excluding carboxylic acids is 1. The van der Waals surface area contributed by atoms with Crippen LogP contribution in [-0.2, 0) is 14.8 Å². The van der Waals surface area contributed by atoms with Gasteiger partial charge in [-0.25, -0.2) is 8.42 Å². The summed E-state index contributed by atoms with van der Waals surface area (Å²) < 4.78 is 33.2. The molecule has 6 nitrogen and oxygen atoms in total. The molecule has 0 unspecified atom stereocenters. The van der Waals surface area contributed by atoms with Gasteiger partial charge in [-0.3, -0.25) is 9.52 Å². The van der Waals surface area contributed by atoms with Crippen molar-refractivity contribution in [1.82, 2.24) is 0 Å². The number of rotatable bonds is 7. The predicted molar refractivity (Wildman–Crippen MR) is 104 cm³/mol. The fourth-order valence-corrected chi connectivity index (χ4v) is 3.58. The first kappa shape index (κ1) is 20.4. The van der Waals surface area contributed by atoms with Crippen molar-refractivity contribution in [2.75, 3.05) is 16.6 Å². The van der Waals surface area contributed by atoms with Gasteiger partial charge in [0.1, 0.15) is 5.75 Å². The highest BCUT2D eigenvalue weighted by Gasteiger charge is 2.19. The van der Waals surface area contributed by atoms with Crippen molar-refractivity contribution >= 4 is 50.5 Å². The number of amides is 1. The van der Waals surface area contributed by atoms with E-state index in [0.29, 0.717) is 12.4 Å². The summed E-state index contributed by atoms with van der Waals surface area (Å²) in [4.78, 5) is 11.7. The Hall–Kier alpha value is -1.96. The summed E-state index contributed by atoms with van der Waals surface area (Å²) >= 11 is 11.9. The van der Waals surface area contributed by atoms with Gasteiger partial charge < -0.3 is 10.1 Å². The topological polar surface area (TPSA) is 84.5 Å². The number of hydrogen-bond donors (Lipinski definition) is 2. The monoisotopic (exact) mass is 416 g/mol. The molecule has 9 heteroatoms. The van der Waals surface area contributed by atoms with Crippen LogP contribution in [0.2, 0.25) is 10.0 Å². The number of halogens is 2. The van der Waals surface area contributed by atoms with E-state index in [2.05, 4.69) is 10.0 Å². The van der Waals surface area contributed by atoms with Crippen LogP contribution in [0, 0.1) is 0 Å². The van der Waals surface area contributed by atoms with Gasteiger partial charge in [-0.2, -0.15) is 0 Å². The molecule has 0 spiro atoms. The molecule has 2 aromatic carbocycles. The smallest absolute Gasteiger partial charge is 0.262 e. The molecular weight excluding hydrogens is 399 g/mol. The van der Waals surface area contributed by atoms with Crippen molar-refractivity contribution in [3.05, 3.63) is 46.4 Å². The van der Waals surface area contributed by atoms with Gasteiger partial charge in [0.25, 0.3) is 10.0 Å². The number of nitrogens with one attached hydrogen (secondary N) is 2. The minimum Gasteiger partial charge on any atom is -0.492 e. The summed E-state index contributed by atoms with van der Waals surface area (Å²) in [5.74, 6) is 0.125. The van der Waals surface area contributed by atoms with Crippen LogP contribution in [-0.4, -0.2) is 20.9 Å². The normalized spacial score (nSPS) is 11.1. The third kappa shape index (κ3) is 4.81. The van der Waals surface area contributed by atoms with E-state index in [1.165, 1.54) is 24.3 Å². The minimum absolute atomic E-state index is 0.0524. The Labute approximate surface area is 162 Å². The molecule has 2 aromatic rings. The lowest BCUT2D eigenvalue weighted by Gasteiger charge is -2.14. The molecule has 1 amide bonds. The zero-order valence-electron chi connectivity index (χ0n) is 14.2. The summed E-state index contributed by atoms with van der Waals surface area (Å²) in [6.45, 7) is 3.86. The molecule has 0 aromatic heterocycles. The van der Waals surface area contributed by atoms with Gasteiger partial charge in [0.05, 0.1) is 32.9 Å². The van der Waals surface area contributed by atoms with Gasteiger partial charge in [0, 0.05) is 6.42 Å². The minimum atomic E-state index is -3.95. The number of benzene rings is 2. The average Bonchev–Trinajstić information content (AvgIpc) is 2.60. The molecule has 0 atom stereocenters. The third-order valence-electron chi connectivity index (χ3n) is 3.35. The van der Waals surface area contributed by atoms with Crippen LogP contribution in [0.15, 0.2) is 41.3 Å². The van der Waals surface area contributed by atoms with Crippen LogP contribution in [0.5, 0.6) is 5.75 Å². The Balaban J connectivity index is 2.40. The van der Waals surface area contributed by atoms with Crippen LogP contribution >= 0.6 is 23.2 Å². The summed E-state index contributed by atoms with van der Waals surface area (Å²) in [6, 6.07) is 8.84. The fourth-order valence-electron chi connectivity index (χ4n) is 2.08. The van der Waals surface area contributed by atoms with Crippen LogP contribution < -0.4 is 14.8 Å². The van der Waals surface area contributed by atoms with Crippen LogP contribution in [0.25, 0.3) is 0 Å². The molecule has 26 heavy (non-hydrogen) atoms. The molecule has 0 fully saturated rings. The van der Waals surface area contributed by atoms with Crippen molar-refractivity contribution in [1.29, 1.82) is 0 Å². The Bertz CT molecular complexity index is 917. The molecule has 0 aliphatic carbocycles. The lowest BCUT2D eigenvalue weighted by atomic mass is 10.3. The molecule has 0 saturated carbocycles. The molecule has 2 rings (SSSR count). The number of sulfonamides is 1. The molecule has 0 heterocycles. The predicted octanol–water partition coefficient (Wildman–Crippen LogP) is 4.54. The molecule has 0 radical (unpaired) electrons. The van der Waals surface area contributed by atoms with Crippen molar-refractivity contribution in [3.8, 4) is 5.75 Å². The van der Waals surface area contributed by atoms with E-state index in [-0.39, 0.29) is 38.6 Å². The van der Waals surface area contributed by atoms with Crippen molar-refractivity contribution in [2.45, 2.75) is 25.2 Å². The molecular formula is C17H18Cl2N2O4S. The van der Waals surface area contributed by atoms with Gasteiger partial charge in [-0.15, -0.1) is 0 Å². The number of hydrogen-bond acceptors (Lipinski definition) is 4. The quantitative estimate of drug-likeness (QED) is 0.693.